The van der Waals surface area contributed by atoms with Crippen LogP contribution < -0.4 is 19.6 Å². The summed E-state index contributed by atoms with van der Waals surface area (Å²) in [4.78, 5) is 11.7. The lowest BCUT2D eigenvalue weighted by Crippen LogP contribution is -2.12. The third-order valence-corrected chi connectivity index (χ3v) is 14.7. The van der Waals surface area contributed by atoms with E-state index in [0.29, 0.717) is 0 Å². The molecule has 0 aliphatic rings. The molecule has 11 rings (SSSR count). The van der Waals surface area contributed by atoms with Crippen LogP contribution in [-0.4, -0.2) is 0 Å². The largest absolute Gasteiger partial charge is 0.311 e. The summed E-state index contributed by atoms with van der Waals surface area (Å²) in [7, 11) is 0. The molecule has 0 fully saturated rings. The topological polar surface area (TPSA) is 13.0 Å². The molecule has 10 aromatic carbocycles. The molecule has 0 aliphatic heterocycles. The highest BCUT2D eigenvalue weighted by Crippen LogP contribution is 2.43. The number of rotatable bonds is 17. The highest BCUT2D eigenvalue weighted by molar-refractivity contribution is 7.16. The van der Waals surface area contributed by atoms with Crippen LogP contribution in [0.15, 0.2) is 316 Å². The second-order valence-electron chi connectivity index (χ2n) is 18.3. The molecule has 1 aromatic heterocycles. The first kappa shape index (κ1) is 48.6. The Bertz CT molecular complexity index is 3590. The van der Waals surface area contributed by atoms with Gasteiger partial charge in [-0.2, -0.15) is 0 Å². The van der Waals surface area contributed by atoms with Crippen molar-refractivity contribution in [3.8, 4) is 21.6 Å². The molecule has 0 amide bonds. The lowest BCUT2D eigenvalue weighted by molar-refractivity contribution is 1.25. The Balaban J connectivity index is 0.901. The van der Waals surface area contributed by atoms with E-state index in [0.717, 1.165) is 79.4 Å². The van der Waals surface area contributed by atoms with E-state index in [4.69, 9.17) is 0 Å². The highest BCUT2D eigenvalue weighted by Gasteiger charge is 2.19. The van der Waals surface area contributed by atoms with Gasteiger partial charge in [-0.3, -0.25) is 0 Å². The molecule has 4 nitrogen and oxygen atoms in total. The summed E-state index contributed by atoms with van der Waals surface area (Å²) >= 11 is 1.81. The van der Waals surface area contributed by atoms with Crippen LogP contribution in [0.5, 0.6) is 0 Å². The summed E-state index contributed by atoms with van der Waals surface area (Å²) < 4.78 is 0. The summed E-state index contributed by atoms with van der Waals surface area (Å²) in [5.41, 5.74) is 17.7. The fourth-order valence-corrected chi connectivity index (χ4v) is 10.6. The smallest absolute Gasteiger partial charge is 0.0463 e. The van der Waals surface area contributed by atoms with Crippen molar-refractivity contribution in [3.05, 3.63) is 321 Å². The molecule has 5 heteroatoms. The molecule has 11 aromatic rings. The third-order valence-electron chi connectivity index (χ3n) is 13.4. The SMILES string of the molecule is C=C/C=C\C=C(/C)c1ccc(-c2ccc(N(c3ccc(-c4ccc(N(c5ccccc5)c5ccc(N(c6ccccc6)c6ccccc6)cc5)cc4)cc3)c3ccc(N(c4ccccc4)c4ccccc4)cc3)cc2)s1. The molecule has 0 radical (unpaired) electrons. The Morgan fingerprint density at radius 2 is 0.539 bits per heavy atom. The maximum Gasteiger partial charge on any atom is 0.0463 e. The van der Waals surface area contributed by atoms with Gasteiger partial charge in [-0.25, -0.2) is 0 Å². The van der Waals surface area contributed by atoms with Gasteiger partial charge < -0.3 is 19.6 Å². The number of anilines is 12. The number of benzene rings is 10. The summed E-state index contributed by atoms with van der Waals surface area (Å²) in [6.45, 7) is 5.96. The van der Waals surface area contributed by atoms with Crippen molar-refractivity contribution >= 4 is 85.2 Å². The molecule has 1 heterocycles. The van der Waals surface area contributed by atoms with Crippen molar-refractivity contribution in [2.45, 2.75) is 6.92 Å². The van der Waals surface area contributed by atoms with Gasteiger partial charge in [-0.1, -0.05) is 158 Å². The van der Waals surface area contributed by atoms with E-state index in [1.807, 2.05) is 23.5 Å². The van der Waals surface area contributed by atoms with Crippen molar-refractivity contribution in [2.75, 3.05) is 19.6 Å². The van der Waals surface area contributed by atoms with E-state index >= 15 is 0 Å². The Morgan fingerprint density at radius 3 is 0.816 bits per heavy atom. The van der Waals surface area contributed by atoms with Crippen molar-refractivity contribution in [2.24, 2.45) is 0 Å². The molecule has 0 saturated heterocycles. The Morgan fingerprint density at radius 1 is 0.289 bits per heavy atom. The average Bonchev–Trinajstić information content (AvgIpc) is 4.00. The molecule has 0 atom stereocenters. The average molecular weight is 997 g/mol. The predicted molar refractivity (Wildman–Crippen MR) is 327 cm³/mol. The molecule has 0 aliphatic carbocycles. The zero-order valence-corrected chi connectivity index (χ0v) is 43.2. The van der Waals surface area contributed by atoms with Crippen LogP contribution in [0, 0.1) is 0 Å². The Labute approximate surface area is 451 Å². The number of hydrogen-bond acceptors (Lipinski definition) is 5. The molecule has 0 spiro atoms. The maximum atomic E-state index is 3.80. The van der Waals surface area contributed by atoms with Gasteiger partial charge in [0.25, 0.3) is 0 Å². The van der Waals surface area contributed by atoms with Gasteiger partial charge in [-0.15, -0.1) is 11.3 Å². The fourth-order valence-electron chi connectivity index (χ4n) is 9.62. The van der Waals surface area contributed by atoms with Crippen LogP contribution in [-0.2, 0) is 0 Å². The number of hydrogen-bond donors (Lipinski definition) is 0. The number of para-hydroxylation sites is 5. The summed E-state index contributed by atoms with van der Waals surface area (Å²) in [6.07, 6.45) is 7.93. The zero-order chi connectivity index (χ0) is 51.5. The lowest BCUT2D eigenvalue weighted by Gasteiger charge is -2.28. The fraction of sp³-hybridized carbons (Fsp3) is 0.0141. The highest BCUT2D eigenvalue weighted by atomic mass is 32.1. The van der Waals surface area contributed by atoms with Crippen molar-refractivity contribution in [1.29, 1.82) is 0 Å². The molecular weight excluding hydrogens is 941 g/mol. The van der Waals surface area contributed by atoms with Crippen molar-refractivity contribution < 1.29 is 0 Å². The van der Waals surface area contributed by atoms with Gasteiger partial charge in [-0.05, 0) is 187 Å². The quantitative estimate of drug-likeness (QED) is 0.0843. The first-order valence-corrected chi connectivity index (χ1v) is 26.4. The van der Waals surface area contributed by atoms with Crippen LogP contribution in [0.25, 0.3) is 27.1 Å². The second-order valence-corrected chi connectivity index (χ2v) is 19.4. The minimum Gasteiger partial charge on any atom is -0.311 e. The standard InChI is InChI=1S/C71H56N4S/c1-3-4-10-21-54(2)70-52-53-71(76-70)57-36-42-65(43-37-57)75(69-50-46-67(47-51-69)73(60-26-15-7-16-27-60)61-28-17-8-18-29-61)64-40-34-56(35-41-64)55-32-38-63(39-33-55)74(62-30-19-9-20-31-62)68-48-44-66(45-49-68)72(58-22-11-5-12-23-58)59-24-13-6-14-25-59/h3-53H,1H2,2H3/b10-4-,54-21+. The first-order valence-electron chi connectivity index (χ1n) is 25.6. The van der Waals surface area contributed by atoms with Crippen LogP contribution in [0.2, 0.25) is 0 Å². The number of thiophene rings is 1. The van der Waals surface area contributed by atoms with Crippen LogP contribution >= 0.6 is 11.3 Å². The maximum absolute atomic E-state index is 3.80. The van der Waals surface area contributed by atoms with Crippen LogP contribution in [0.4, 0.5) is 68.2 Å². The summed E-state index contributed by atoms with van der Waals surface area (Å²) in [6, 6.07) is 102. The number of allylic oxidation sites excluding steroid dienone is 5. The van der Waals surface area contributed by atoms with Gasteiger partial charge in [0.2, 0.25) is 0 Å². The molecule has 76 heavy (non-hydrogen) atoms. The van der Waals surface area contributed by atoms with E-state index in [-0.39, 0.29) is 0 Å². The van der Waals surface area contributed by atoms with Gasteiger partial charge >= 0.3 is 0 Å². The monoisotopic (exact) mass is 996 g/mol. The first-order chi connectivity index (χ1) is 37.6. The molecule has 0 bridgehead atoms. The minimum atomic E-state index is 1.06. The molecule has 0 unspecified atom stereocenters. The molecule has 366 valence electrons. The van der Waals surface area contributed by atoms with E-state index in [2.05, 4.69) is 324 Å². The predicted octanol–water partition coefficient (Wildman–Crippen LogP) is 21.1. The second kappa shape index (κ2) is 23.0. The van der Waals surface area contributed by atoms with E-state index in [1.54, 1.807) is 6.08 Å². The summed E-state index contributed by atoms with van der Waals surface area (Å²) in [5.74, 6) is 0. The molecular formula is C71H56N4S. The lowest BCUT2D eigenvalue weighted by atomic mass is 10.0. The van der Waals surface area contributed by atoms with E-state index in [1.165, 1.54) is 20.9 Å². The number of nitrogens with zero attached hydrogens (tertiary/aromatic N) is 4. The van der Waals surface area contributed by atoms with Gasteiger partial charge in [0, 0.05) is 78.0 Å². The van der Waals surface area contributed by atoms with Gasteiger partial charge in [0.15, 0.2) is 0 Å². The van der Waals surface area contributed by atoms with Crippen molar-refractivity contribution in [1.82, 2.24) is 0 Å². The van der Waals surface area contributed by atoms with Crippen LogP contribution in [0.1, 0.15) is 11.8 Å². The van der Waals surface area contributed by atoms with E-state index in [9.17, 15) is 0 Å². The molecule has 0 N–H and O–H groups in total. The summed E-state index contributed by atoms with van der Waals surface area (Å²) in [5, 5.41) is 0. The van der Waals surface area contributed by atoms with Gasteiger partial charge in [0.05, 0.1) is 0 Å². The minimum absolute atomic E-state index is 1.06. The van der Waals surface area contributed by atoms with Crippen molar-refractivity contribution in [3.63, 3.8) is 0 Å². The normalized spacial score (nSPS) is 11.3. The van der Waals surface area contributed by atoms with Crippen LogP contribution in [0.3, 0.4) is 0 Å². The van der Waals surface area contributed by atoms with Gasteiger partial charge in [0.1, 0.15) is 0 Å². The van der Waals surface area contributed by atoms with E-state index < -0.39 is 0 Å². The molecule has 0 saturated carbocycles. The Kier molecular flexibility index (Phi) is 14.7. The zero-order valence-electron chi connectivity index (χ0n) is 42.3. The Hall–Kier alpha value is -9.68. The third kappa shape index (κ3) is 10.8.